The van der Waals surface area contributed by atoms with Gasteiger partial charge >= 0.3 is 0 Å². The molecule has 1 atom stereocenters. The van der Waals surface area contributed by atoms with E-state index in [1.807, 2.05) is 0 Å². The molecule has 0 spiro atoms. The van der Waals surface area contributed by atoms with Crippen LogP contribution in [0.2, 0.25) is 0 Å². The van der Waals surface area contributed by atoms with Crippen LogP contribution in [0.3, 0.4) is 0 Å². The van der Waals surface area contributed by atoms with Crippen molar-refractivity contribution >= 4 is 23.3 Å². The van der Waals surface area contributed by atoms with Gasteiger partial charge in [0.05, 0.1) is 11.0 Å². The van der Waals surface area contributed by atoms with E-state index in [0.717, 1.165) is 4.77 Å². The van der Waals surface area contributed by atoms with Gasteiger partial charge in [-0.3, -0.25) is 0 Å². The quantitative estimate of drug-likeness (QED) is 0.713. The third kappa shape index (κ3) is 2.25. The lowest BCUT2D eigenvalue weighted by atomic mass is 9.75. The highest BCUT2D eigenvalue weighted by molar-refractivity contribution is 7.71. The molecule has 1 fully saturated rings. The number of benzene rings is 1. The van der Waals surface area contributed by atoms with Gasteiger partial charge in [-0.1, -0.05) is 32.4 Å². The first kappa shape index (κ1) is 12.9. The van der Waals surface area contributed by atoms with Crippen molar-refractivity contribution in [1.82, 2.24) is 9.55 Å². The Morgan fingerprint density at radius 2 is 2.16 bits per heavy atom. The van der Waals surface area contributed by atoms with Crippen molar-refractivity contribution in [3.63, 3.8) is 0 Å². The standard InChI is InChI=1S/C16H22N2S/c1-11-6-4-8-13-14(11)17-15(19)18(13)12-7-5-9-16(2,3)10-12/h4,6,8,12H,5,7,9-10H2,1-3H3,(H,17,19). The summed E-state index contributed by atoms with van der Waals surface area (Å²) in [4.78, 5) is 3.40. The minimum Gasteiger partial charge on any atom is -0.330 e. The van der Waals surface area contributed by atoms with Crippen molar-refractivity contribution in [2.24, 2.45) is 5.41 Å². The number of H-pyrrole nitrogens is 1. The van der Waals surface area contributed by atoms with E-state index in [2.05, 4.69) is 48.5 Å². The van der Waals surface area contributed by atoms with Gasteiger partial charge in [-0.05, 0) is 55.4 Å². The molecular formula is C16H22N2S. The van der Waals surface area contributed by atoms with Crippen LogP contribution in [-0.4, -0.2) is 9.55 Å². The summed E-state index contributed by atoms with van der Waals surface area (Å²) >= 11 is 5.58. The van der Waals surface area contributed by atoms with Crippen LogP contribution in [0.15, 0.2) is 18.2 Å². The van der Waals surface area contributed by atoms with Crippen molar-refractivity contribution in [2.75, 3.05) is 0 Å². The number of hydrogen-bond acceptors (Lipinski definition) is 1. The van der Waals surface area contributed by atoms with Crippen LogP contribution in [0, 0.1) is 17.1 Å². The van der Waals surface area contributed by atoms with Crippen LogP contribution in [0.1, 0.15) is 51.1 Å². The summed E-state index contributed by atoms with van der Waals surface area (Å²) in [5.74, 6) is 0. The van der Waals surface area contributed by atoms with Gasteiger partial charge in [0.15, 0.2) is 4.77 Å². The molecule has 0 saturated heterocycles. The molecule has 0 bridgehead atoms. The van der Waals surface area contributed by atoms with E-state index < -0.39 is 0 Å². The number of nitrogens with one attached hydrogen (secondary N) is 1. The summed E-state index contributed by atoms with van der Waals surface area (Å²) in [6.45, 7) is 6.90. The number of imidazole rings is 1. The summed E-state index contributed by atoms with van der Waals surface area (Å²) in [5, 5.41) is 0. The number of aromatic amines is 1. The molecule has 1 unspecified atom stereocenters. The molecule has 0 radical (unpaired) electrons. The fourth-order valence-electron chi connectivity index (χ4n) is 3.53. The molecule has 0 aliphatic heterocycles. The molecule has 102 valence electrons. The first-order chi connectivity index (χ1) is 8.98. The number of rotatable bonds is 1. The molecule has 1 saturated carbocycles. The average Bonchev–Trinajstić information content (AvgIpc) is 2.66. The van der Waals surface area contributed by atoms with Crippen LogP contribution < -0.4 is 0 Å². The number of hydrogen-bond donors (Lipinski definition) is 1. The van der Waals surface area contributed by atoms with Gasteiger partial charge < -0.3 is 9.55 Å². The van der Waals surface area contributed by atoms with Crippen molar-refractivity contribution < 1.29 is 0 Å². The SMILES string of the molecule is Cc1cccc2c1[nH]c(=S)n2C1CCCC(C)(C)C1. The van der Waals surface area contributed by atoms with Gasteiger partial charge in [0, 0.05) is 6.04 Å². The lowest BCUT2D eigenvalue weighted by Gasteiger charge is -2.36. The third-order valence-electron chi connectivity index (χ3n) is 4.51. The average molecular weight is 274 g/mol. The minimum absolute atomic E-state index is 0.436. The lowest BCUT2D eigenvalue weighted by Crippen LogP contribution is -2.25. The summed E-state index contributed by atoms with van der Waals surface area (Å²) in [7, 11) is 0. The van der Waals surface area contributed by atoms with E-state index in [1.165, 1.54) is 42.3 Å². The number of nitrogens with zero attached hydrogens (tertiary/aromatic N) is 1. The Hall–Kier alpha value is -1.09. The lowest BCUT2D eigenvalue weighted by molar-refractivity contribution is 0.185. The highest BCUT2D eigenvalue weighted by Gasteiger charge is 2.30. The molecule has 3 heteroatoms. The van der Waals surface area contributed by atoms with E-state index in [0.29, 0.717) is 11.5 Å². The first-order valence-corrected chi connectivity index (χ1v) is 7.59. The topological polar surface area (TPSA) is 20.7 Å². The van der Waals surface area contributed by atoms with E-state index >= 15 is 0 Å². The smallest absolute Gasteiger partial charge is 0.178 e. The zero-order valence-corrected chi connectivity index (χ0v) is 12.8. The maximum Gasteiger partial charge on any atom is 0.178 e. The Morgan fingerprint density at radius 3 is 2.89 bits per heavy atom. The number of aromatic nitrogens is 2. The molecule has 1 heterocycles. The molecule has 2 aromatic rings. The zero-order valence-electron chi connectivity index (χ0n) is 12.0. The Bertz CT molecular complexity index is 663. The third-order valence-corrected chi connectivity index (χ3v) is 4.80. The van der Waals surface area contributed by atoms with Gasteiger partial charge in [-0.15, -0.1) is 0 Å². The van der Waals surface area contributed by atoms with E-state index in [9.17, 15) is 0 Å². The normalized spacial score (nSPS) is 22.8. The molecule has 1 aromatic heterocycles. The Labute approximate surface area is 119 Å². The number of para-hydroxylation sites is 1. The van der Waals surface area contributed by atoms with Gasteiger partial charge in [0.1, 0.15) is 0 Å². The summed E-state index contributed by atoms with van der Waals surface area (Å²) in [6, 6.07) is 7.01. The molecule has 0 amide bonds. The zero-order chi connectivity index (χ0) is 13.6. The monoisotopic (exact) mass is 274 g/mol. The predicted molar refractivity (Wildman–Crippen MR) is 83.1 cm³/mol. The molecular weight excluding hydrogens is 252 g/mol. The largest absolute Gasteiger partial charge is 0.330 e. The highest BCUT2D eigenvalue weighted by atomic mass is 32.1. The second-order valence-electron chi connectivity index (χ2n) is 6.68. The molecule has 1 aliphatic carbocycles. The fourth-order valence-corrected chi connectivity index (χ4v) is 3.88. The molecule has 19 heavy (non-hydrogen) atoms. The van der Waals surface area contributed by atoms with E-state index in [1.54, 1.807) is 0 Å². The van der Waals surface area contributed by atoms with E-state index in [4.69, 9.17) is 12.2 Å². The van der Waals surface area contributed by atoms with Crippen LogP contribution in [0.4, 0.5) is 0 Å². The first-order valence-electron chi connectivity index (χ1n) is 7.18. The van der Waals surface area contributed by atoms with Crippen LogP contribution >= 0.6 is 12.2 Å². The Morgan fingerprint density at radius 1 is 1.37 bits per heavy atom. The molecule has 3 rings (SSSR count). The van der Waals surface area contributed by atoms with Crippen LogP contribution in [-0.2, 0) is 0 Å². The van der Waals surface area contributed by atoms with E-state index in [-0.39, 0.29) is 0 Å². The fraction of sp³-hybridized carbons (Fsp3) is 0.562. The molecule has 1 N–H and O–H groups in total. The van der Waals surface area contributed by atoms with Crippen molar-refractivity contribution in [1.29, 1.82) is 0 Å². The Balaban J connectivity index is 2.12. The van der Waals surface area contributed by atoms with Crippen molar-refractivity contribution in [3.05, 3.63) is 28.5 Å². The van der Waals surface area contributed by atoms with Crippen LogP contribution in [0.25, 0.3) is 11.0 Å². The van der Waals surface area contributed by atoms with Gasteiger partial charge in [0.2, 0.25) is 0 Å². The summed E-state index contributed by atoms with van der Waals surface area (Å²) in [5.41, 5.74) is 4.19. The molecule has 1 aliphatic rings. The van der Waals surface area contributed by atoms with Crippen molar-refractivity contribution in [3.8, 4) is 0 Å². The molecule has 2 nitrogen and oxygen atoms in total. The maximum absolute atomic E-state index is 5.58. The molecule has 1 aromatic carbocycles. The minimum atomic E-state index is 0.436. The predicted octanol–water partition coefficient (Wildman–Crippen LogP) is 5.15. The summed E-state index contributed by atoms with van der Waals surface area (Å²) in [6.07, 6.45) is 5.11. The van der Waals surface area contributed by atoms with Gasteiger partial charge in [0.25, 0.3) is 0 Å². The Kier molecular flexibility index (Phi) is 3.05. The second-order valence-corrected chi connectivity index (χ2v) is 7.07. The van der Waals surface area contributed by atoms with Crippen LogP contribution in [0.5, 0.6) is 0 Å². The second kappa shape index (κ2) is 4.48. The van der Waals surface area contributed by atoms with Gasteiger partial charge in [-0.25, -0.2) is 0 Å². The highest BCUT2D eigenvalue weighted by Crippen LogP contribution is 2.42. The maximum atomic E-state index is 5.58. The number of fused-ring (bicyclic) bond motifs is 1. The van der Waals surface area contributed by atoms with Gasteiger partial charge in [-0.2, -0.15) is 0 Å². The van der Waals surface area contributed by atoms with Crippen molar-refractivity contribution in [2.45, 2.75) is 52.5 Å². The summed E-state index contributed by atoms with van der Waals surface area (Å²) < 4.78 is 3.24. The number of aryl methyl sites for hydroxylation is 1.